The third-order valence-corrected chi connectivity index (χ3v) is 2.27. The molecule has 0 aromatic carbocycles. The van der Waals surface area contributed by atoms with Gasteiger partial charge in [-0.05, 0) is 12.3 Å². The van der Waals surface area contributed by atoms with E-state index in [1.807, 2.05) is 13.8 Å². The summed E-state index contributed by atoms with van der Waals surface area (Å²) in [5, 5.41) is 0. The third kappa shape index (κ3) is 2.61. The lowest BCUT2D eigenvalue weighted by molar-refractivity contribution is -0.161. The maximum absolute atomic E-state index is 12.3. The molecule has 1 aliphatic rings. The van der Waals surface area contributed by atoms with Gasteiger partial charge in [0.2, 0.25) is 0 Å². The summed E-state index contributed by atoms with van der Waals surface area (Å²) in [6.45, 7) is 3.83. The van der Waals surface area contributed by atoms with Gasteiger partial charge in [-0.2, -0.15) is 13.2 Å². The van der Waals surface area contributed by atoms with Crippen LogP contribution in [0.15, 0.2) is 23.8 Å². The zero-order valence-corrected chi connectivity index (χ0v) is 7.73. The monoisotopic (exact) mass is 190 g/mol. The number of hydrogen-bond donors (Lipinski definition) is 0. The minimum absolute atomic E-state index is 0.123. The molecular formula is C10H13F3. The van der Waals surface area contributed by atoms with Gasteiger partial charge in [0.05, 0.1) is 5.92 Å². The Hall–Kier alpha value is -0.730. The van der Waals surface area contributed by atoms with E-state index in [4.69, 9.17) is 0 Å². The Labute approximate surface area is 76.1 Å². The van der Waals surface area contributed by atoms with E-state index < -0.39 is 12.1 Å². The van der Waals surface area contributed by atoms with E-state index in [2.05, 4.69) is 0 Å². The number of allylic oxidation sites excluding steroid dienone is 4. The van der Waals surface area contributed by atoms with Crippen LogP contribution in [-0.4, -0.2) is 6.18 Å². The molecule has 0 aromatic rings. The Morgan fingerprint density at radius 1 is 1.38 bits per heavy atom. The lowest BCUT2D eigenvalue weighted by Gasteiger charge is -2.22. The maximum Gasteiger partial charge on any atom is 0.395 e. The molecule has 0 saturated heterocycles. The van der Waals surface area contributed by atoms with Gasteiger partial charge in [0.15, 0.2) is 0 Å². The Bertz CT molecular complexity index is 233. The highest BCUT2D eigenvalue weighted by Crippen LogP contribution is 2.36. The van der Waals surface area contributed by atoms with Crippen molar-refractivity contribution in [2.24, 2.45) is 11.8 Å². The molecule has 0 saturated carbocycles. The van der Waals surface area contributed by atoms with Crippen LogP contribution in [0.2, 0.25) is 0 Å². The van der Waals surface area contributed by atoms with Gasteiger partial charge < -0.3 is 0 Å². The number of halogens is 3. The number of hydrogen-bond acceptors (Lipinski definition) is 0. The summed E-state index contributed by atoms with van der Waals surface area (Å²) in [6.07, 6.45) is 0.554. The lowest BCUT2D eigenvalue weighted by Crippen LogP contribution is -2.23. The smallest absolute Gasteiger partial charge is 0.170 e. The summed E-state index contributed by atoms with van der Waals surface area (Å²) in [5.74, 6) is -1.08. The average Bonchev–Trinajstić information content (AvgIpc) is 2.03. The summed E-state index contributed by atoms with van der Waals surface area (Å²) in [5.41, 5.74) is 0.879. The van der Waals surface area contributed by atoms with Crippen molar-refractivity contribution in [1.82, 2.24) is 0 Å². The quantitative estimate of drug-likeness (QED) is 0.591. The van der Waals surface area contributed by atoms with Crippen LogP contribution in [-0.2, 0) is 0 Å². The maximum atomic E-state index is 12.3. The van der Waals surface area contributed by atoms with Crippen LogP contribution in [0.4, 0.5) is 13.2 Å². The molecule has 0 aliphatic heterocycles. The molecule has 0 bridgehead atoms. The van der Waals surface area contributed by atoms with Crippen LogP contribution in [0.1, 0.15) is 20.3 Å². The molecule has 0 amide bonds. The van der Waals surface area contributed by atoms with E-state index in [0.29, 0.717) is 0 Å². The van der Waals surface area contributed by atoms with Crippen LogP contribution < -0.4 is 0 Å². The molecule has 1 aliphatic carbocycles. The molecule has 0 radical (unpaired) electrons. The van der Waals surface area contributed by atoms with E-state index in [1.165, 1.54) is 12.2 Å². The Kier molecular flexibility index (Phi) is 2.84. The van der Waals surface area contributed by atoms with Crippen molar-refractivity contribution in [3.63, 3.8) is 0 Å². The van der Waals surface area contributed by atoms with Gasteiger partial charge >= 0.3 is 6.18 Å². The summed E-state index contributed by atoms with van der Waals surface area (Å²) < 4.78 is 36.9. The van der Waals surface area contributed by atoms with Gasteiger partial charge in [0.1, 0.15) is 0 Å². The third-order valence-electron chi connectivity index (χ3n) is 2.27. The highest BCUT2D eigenvalue weighted by atomic mass is 19.4. The van der Waals surface area contributed by atoms with Crippen molar-refractivity contribution >= 4 is 0 Å². The first-order valence-electron chi connectivity index (χ1n) is 4.35. The van der Waals surface area contributed by atoms with Crippen molar-refractivity contribution in [3.8, 4) is 0 Å². The van der Waals surface area contributed by atoms with Gasteiger partial charge in [-0.15, -0.1) is 0 Å². The van der Waals surface area contributed by atoms with Crippen molar-refractivity contribution in [2.45, 2.75) is 26.4 Å². The molecule has 74 valence electrons. The predicted molar refractivity (Wildman–Crippen MR) is 46.2 cm³/mol. The molecule has 1 unspecified atom stereocenters. The van der Waals surface area contributed by atoms with Gasteiger partial charge in [0.25, 0.3) is 0 Å². The van der Waals surface area contributed by atoms with Crippen molar-refractivity contribution in [2.75, 3.05) is 0 Å². The molecule has 0 aromatic heterocycles. The minimum Gasteiger partial charge on any atom is -0.170 e. The highest BCUT2D eigenvalue weighted by Gasteiger charge is 2.38. The van der Waals surface area contributed by atoms with E-state index >= 15 is 0 Å². The topological polar surface area (TPSA) is 0 Å². The molecule has 1 atom stereocenters. The summed E-state index contributed by atoms with van der Waals surface area (Å²) in [4.78, 5) is 0. The second-order valence-corrected chi connectivity index (χ2v) is 3.63. The second kappa shape index (κ2) is 3.56. The van der Waals surface area contributed by atoms with Crippen LogP contribution in [0, 0.1) is 11.8 Å². The molecular weight excluding hydrogens is 177 g/mol. The van der Waals surface area contributed by atoms with Crippen molar-refractivity contribution in [3.05, 3.63) is 23.8 Å². The first-order valence-corrected chi connectivity index (χ1v) is 4.35. The van der Waals surface area contributed by atoms with Crippen molar-refractivity contribution in [1.29, 1.82) is 0 Å². The Morgan fingerprint density at radius 2 is 2.00 bits per heavy atom. The fraction of sp³-hybridized carbons (Fsp3) is 0.600. The standard InChI is InChI=1S/C10H13F3/c1-7(2)8-4-3-5-9(6-8)10(11,12)13/h3-5,7,9H,6H2,1-2H3. The molecule has 3 heteroatoms. The average molecular weight is 190 g/mol. The Balaban J connectivity index is 2.70. The fourth-order valence-electron chi connectivity index (χ4n) is 1.36. The fourth-order valence-corrected chi connectivity index (χ4v) is 1.36. The number of rotatable bonds is 1. The SMILES string of the molecule is CC(C)C1=CC=CC(C(F)(F)F)C1. The molecule has 0 fully saturated rings. The van der Waals surface area contributed by atoms with Gasteiger partial charge in [-0.3, -0.25) is 0 Å². The van der Waals surface area contributed by atoms with Crippen LogP contribution in [0.5, 0.6) is 0 Å². The first-order chi connectivity index (χ1) is 5.91. The largest absolute Gasteiger partial charge is 0.395 e. The minimum atomic E-state index is -4.09. The predicted octanol–water partition coefficient (Wildman–Crippen LogP) is 3.71. The molecule has 1 rings (SSSR count). The first kappa shape index (κ1) is 10.4. The van der Waals surface area contributed by atoms with Crippen LogP contribution in [0.3, 0.4) is 0 Å². The summed E-state index contributed by atoms with van der Waals surface area (Å²) >= 11 is 0. The molecule has 0 spiro atoms. The molecule has 0 nitrogen and oxygen atoms in total. The van der Waals surface area contributed by atoms with Gasteiger partial charge in [-0.1, -0.05) is 37.6 Å². The number of alkyl halides is 3. The molecule has 0 heterocycles. The zero-order valence-electron chi connectivity index (χ0n) is 7.73. The van der Waals surface area contributed by atoms with E-state index in [9.17, 15) is 13.2 Å². The molecule has 13 heavy (non-hydrogen) atoms. The van der Waals surface area contributed by atoms with Crippen LogP contribution in [0.25, 0.3) is 0 Å². The van der Waals surface area contributed by atoms with Gasteiger partial charge in [-0.25, -0.2) is 0 Å². The van der Waals surface area contributed by atoms with Crippen LogP contribution >= 0.6 is 0 Å². The highest BCUT2D eigenvalue weighted by molar-refractivity contribution is 5.22. The lowest BCUT2D eigenvalue weighted by atomic mass is 9.88. The van der Waals surface area contributed by atoms with Gasteiger partial charge in [0, 0.05) is 0 Å². The van der Waals surface area contributed by atoms with E-state index in [0.717, 1.165) is 5.57 Å². The summed E-state index contributed by atoms with van der Waals surface area (Å²) in [6, 6.07) is 0. The van der Waals surface area contributed by atoms with E-state index in [1.54, 1.807) is 6.08 Å². The normalized spacial score (nSPS) is 23.5. The van der Waals surface area contributed by atoms with E-state index in [-0.39, 0.29) is 12.3 Å². The zero-order chi connectivity index (χ0) is 10.1. The second-order valence-electron chi connectivity index (χ2n) is 3.63. The van der Waals surface area contributed by atoms with Crippen molar-refractivity contribution < 1.29 is 13.2 Å². The Morgan fingerprint density at radius 3 is 2.46 bits per heavy atom. The molecule has 0 N–H and O–H groups in total. The summed E-state index contributed by atoms with van der Waals surface area (Å²) in [7, 11) is 0.